The van der Waals surface area contributed by atoms with Crippen LogP contribution >= 0.6 is 11.8 Å². The lowest BCUT2D eigenvalue weighted by atomic mass is 10.3. The zero-order valence-electron chi connectivity index (χ0n) is 18.0. The van der Waals surface area contributed by atoms with Gasteiger partial charge in [-0.1, -0.05) is 66.4 Å². The minimum absolute atomic E-state index is 0.0976. The molecule has 0 atom stereocenters. The average molecular weight is 575 g/mol. The van der Waals surface area contributed by atoms with Crippen LogP contribution in [0, 0.1) is 7.14 Å². The van der Waals surface area contributed by atoms with E-state index in [1.807, 2.05) is 11.8 Å². The molecule has 5 aromatic carbocycles. The van der Waals surface area contributed by atoms with Gasteiger partial charge in [-0.15, -0.1) is 0 Å². The number of rotatable bonds is 7. The first kappa shape index (κ1) is 22.3. The van der Waals surface area contributed by atoms with Crippen molar-refractivity contribution in [1.29, 1.82) is 0 Å². The molecule has 0 unspecified atom stereocenters. The molecule has 5 rings (SSSR count). The van der Waals surface area contributed by atoms with Crippen molar-refractivity contribution in [3.8, 4) is 0 Å². The van der Waals surface area contributed by atoms with E-state index in [1.54, 1.807) is 0 Å². The maximum absolute atomic E-state index is 2.29. The van der Waals surface area contributed by atoms with Crippen molar-refractivity contribution in [2.24, 2.45) is 0 Å². The Morgan fingerprint density at radius 2 is 0.788 bits per heavy atom. The summed E-state index contributed by atoms with van der Waals surface area (Å²) < 4.78 is 2.91. The normalized spacial score (nSPS) is 10.9. The smallest absolute Gasteiger partial charge is 0.0901 e. The summed E-state index contributed by atoms with van der Waals surface area (Å²) in [6.07, 6.45) is 0. The number of halogens is 1. The number of hydrogen-bond acceptors (Lipinski definition) is 1. The second-order valence-corrected chi connectivity index (χ2v) is 13.6. The van der Waals surface area contributed by atoms with Crippen LogP contribution in [-0.2, 0) is 10.9 Å². The highest BCUT2D eigenvalue weighted by molar-refractivity contribution is 7.99. The van der Waals surface area contributed by atoms with Gasteiger partial charge in [-0.25, -0.2) is 0 Å². The number of hydrogen-bond donors (Lipinski definition) is 0. The number of benzene rings is 5. The fourth-order valence-electron chi connectivity index (χ4n) is 3.47. The van der Waals surface area contributed by atoms with E-state index in [0.717, 1.165) is 0 Å². The molecule has 0 spiro atoms. The van der Waals surface area contributed by atoms with Crippen LogP contribution in [0.4, 0.5) is 0 Å². The predicted molar refractivity (Wildman–Crippen MR) is 136 cm³/mol. The van der Waals surface area contributed by atoms with Gasteiger partial charge in [0.25, 0.3) is 0 Å². The van der Waals surface area contributed by atoms with E-state index < -0.39 is 0 Å². The molecule has 3 heteroatoms. The Bertz CT molecular complexity index is 1230. The van der Waals surface area contributed by atoms with Gasteiger partial charge in [-0.05, 0) is 84.9 Å². The third kappa shape index (κ3) is 5.91. The molecule has 0 saturated carbocycles. The lowest BCUT2D eigenvalue weighted by molar-refractivity contribution is -0.597. The molecular formula is C30H23IS2+2. The maximum Gasteiger partial charge on any atom is 0.357 e. The molecule has 0 aliphatic rings. The van der Waals surface area contributed by atoms with Gasteiger partial charge in [0.1, 0.15) is 0 Å². The van der Waals surface area contributed by atoms with Crippen LogP contribution in [0.3, 0.4) is 0 Å². The third-order valence-electron chi connectivity index (χ3n) is 5.02. The summed E-state index contributed by atoms with van der Waals surface area (Å²) in [6, 6.07) is 50.6. The largest absolute Gasteiger partial charge is 0.357 e. The van der Waals surface area contributed by atoms with Crippen molar-refractivity contribution >= 4 is 22.7 Å². The Kier molecular flexibility index (Phi) is 7.51. The zero-order chi connectivity index (χ0) is 22.3. The third-order valence-corrected chi connectivity index (χ3v) is 10.9. The topological polar surface area (TPSA) is 0 Å². The molecule has 0 fully saturated rings. The maximum atomic E-state index is 2.29. The van der Waals surface area contributed by atoms with E-state index in [2.05, 4.69) is 140 Å². The van der Waals surface area contributed by atoms with Gasteiger partial charge in [0.2, 0.25) is 0 Å². The van der Waals surface area contributed by atoms with Crippen LogP contribution in [0.1, 0.15) is 0 Å². The summed E-state index contributed by atoms with van der Waals surface area (Å²) in [7, 11) is -0.0976. The van der Waals surface area contributed by atoms with Gasteiger partial charge in [-0.2, -0.15) is 0 Å². The summed E-state index contributed by atoms with van der Waals surface area (Å²) in [5.41, 5.74) is 0. The lowest BCUT2D eigenvalue weighted by Gasteiger charge is -2.08. The molecular weight excluding hydrogens is 551 g/mol. The van der Waals surface area contributed by atoms with Gasteiger partial charge in [-0.3, -0.25) is 0 Å². The van der Waals surface area contributed by atoms with Crippen molar-refractivity contribution in [3.05, 3.63) is 147 Å². The first-order chi connectivity index (χ1) is 16.3. The van der Waals surface area contributed by atoms with Crippen LogP contribution < -0.4 is 21.2 Å². The van der Waals surface area contributed by atoms with Crippen molar-refractivity contribution in [2.75, 3.05) is 0 Å². The van der Waals surface area contributed by atoms with Gasteiger partial charge in [0, 0.05) is 9.79 Å². The van der Waals surface area contributed by atoms with E-state index in [0.29, 0.717) is 0 Å². The molecule has 0 aromatic heterocycles. The van der Waals surface area contributed by atoms with E-state index in [1.165, 1.54) is 31.6 Å². The summed E-state index contributed by atoms with van der Waals surface area (Å²) in [5, 5.41) is 0. The van der Waals surface area contributed by atoms with Crippen molar-refractivity contribution in [1.82, 2.24) is 0 Å². The Morgan fingerprint density at radius 1 is 0.394 bits per heavy atom. The molecule has 0 nitrogen and oxygen atoms in total. The van der Waals surface area contributed by atoms with Crippen LogP contribution in [0.25, 0.3) is 0 Å². The first-order valence-electron chi connectivity index (χ1n) is 10.8. The first-order valence-corrected chi connectivity index (χ1v) is 15.0. The molecule has 0 N–H and O–H groups in total. The molecule has 33 heavy (non-hydrogen) atoms. The quantitative estimate of drug-likeness (QED) is 0.194. The standard InChI is InChI=1S/C30H23IS2/c1-4-10-24(11-5-1)31-25-16-18-26(19-17-25)32-27-20-22-30(23-21-27)33(28-12-6-2-7-13-28)29-14-8-3-9-15-29/h1-23H/q+2. The van der Waals surface area contributed by atoms with Crippen LogP contribution in [0.15, 0.2) is 164 Å². The van der Waals surface area contributed by atoms with Gasteiger partial charge >= 0.3 is 21.2 Å². The molecule has 0 amide bonds. The van der Waals surface area contributed by atoms with Crippen LogP contribution in [-0.4, -0.2) is 0 Å². The van der Waals surface area contributed by atoms with Crippen LogP contribution in [0.2, 0.25) is 0 Å². The molecule has 0 radical (unpaired) electrons. The summed E-state index contributed by atoms with van der Waals surface area (Å²) in [5.74, 6) is 0. The summed E-state index contributed by atoms with van der Waals surface area (Å²) in [4.78, 5) is 6.60. The Hall–Kier alpha value is -2.47. The Labute approximate surface area is 213 Å². The minimum atomic E-state index is -0.110. The van der Waals surface area contributed by atoms with E-state index in [-0.39, 0.29) is 32.1 Å². The molecule has 0 aliphatic carbocycles. The second-order valence-electron chi connectivity index (χ2n) is 7.35. The Morgan fingerprint density at radius 3 is 1.30 bits per heavy atom. The van der Waals surface area contributed by atoms with E-state index >= 15 is 0 Å². The fourth-order valence-corrected chi connectivity index (χ4v) is 8.58. The molecule has 0 saturated heterocycles. The molecule has 160 valence electrons. The van der Waals surface area contributed by atoms with Crippen LogP contribution in [0.5, 0.6) is 0 Å². The minimum Gasteiger partial charge on any atom is -0.0901 e. The lowest BCUT2D eigenvalue weighted by Crippen LogP contribution is -3.61. The van der Waals surface area contributed by atoms with Crippen molar-refractivity contribution in [3.63, 3.8) is 0 Å². The molecule has 5 aromatic rings. The summed E-state index contributed by atoms with van der Waals surface area (Å²) in [6.45, 7) is 0. The van der Waals surface area contributed by atoms with Gasteiger partial charge in [0.05, 0.1) is 10.9 Å². The highest BCUT2D eigenvalue weighted by Crippen LogP contribution is 2.33. The SMILES string of the molecule is c1ccc([I+]c2ccc(Sc3ccc([S+](c4ccccc4)c4ccccc4)cc3)cc2)cc1. The second kappa shape index (κ2) is 11.1. The van der Waals surface area contributed by atoms with Gasteiger partial charge < -0.3 is 0 Å². The van der Waals surface area contributed by atoms with Crippen molar-refractivity contribution < 1.29 is 21.2 Å². The van der Waals surface area contributed by atoms with Crippen molar-refractivity contribution in [2.45, 2.75) is 24.5 Å². The molecule has 0 aliphatic heterocycles. The summed E-state index contributed by atoms with van der Waals surface area (Å²) >= 11 is 1.72. The van der Waals surface area contributed by atoms with E-state index in [4.69, 9.17) is 0 Å². The average Bonchev–Trinajstić information content (AvgIpc) is 2.88. The van der Waals surface area contributed by atoms with E-state index in [9.17, 15) is 0 Å². The predicted octanol–water partition coefficient (Wildman–Crippen LogP) is 5.06. The van der Waals surface area contributed by atoms with Gasteiger partial charge in [0.15, 0.2) is 21.8 Å². The highest BCUT2D eigenvalue weighted by Gasteiger charge is 2.28. The fraction of sp³-hybridized carbons (Fsp3) is 0. The zero-order valence-corrected chi connectivity index (χ0v) is 21.8. The Balaban J connectivity index is 1.32. The molecule has 0 bridgehead atoms. The highest BCUT2D eigenvalue weighted by atomic mass is 127. The molecule has 0 heterocycles. The monoisotopic (exact) mass is 574 g/mol.